The van der Waals surface area contributed by atoms with Crippen LogP contribution in [0.25, 0.3) is 0 Å². The number of β-amino-alcohol motifs (C(OH)–C–C–N with tert-alkyl or cyclic N) is 1. The molecule has 1 atom stereocenters. The Bertz CT molecular complexity index is 745. The Kier molecular flexibility index (Phi) is 5.06. The van der Waals surface area contributed by atoms with E-state index in [1.807, 2.05) is 12.1 Å². The first kappa shape index (κ1) is 17.3. The third-order valence-corrected chi connectivity index (χ3v) is 4.99. The van der Waals surface area contributed by atoms with Crippen LogP contribution in [-0.2, 0) is 6.54 Å². The second kappa shape index (κ2) is 7.61. The van der Waals surface area contributed by atoms with Crippen molar-refractivity contribution in [1.29, 1.82) is 0 Å². The molecule has 0 aromatic heterocycles. The summed E-state index contributed by atoms with van der Waals surface area (Å²) in [6.45, 7) is 5.46. The molecule has 4 rings (SSSR count). The molecule has 138 valence electrons. The molecule has 1 saturated heterocycles. The first-order chi connectivity index (χ1) is 12.7. The molecule has 0 aliphatic carbocycles. The monoisotopic (exact) mass is 358 g/mol. The van der Waals surface area contributed by atoms with Crippen LogP contribution in [0.5, 0.6) is 11.5 Å². The van der Waals surface area contributed by atoms with E-state index < -0.39 is 6.10 Å². The predicted molar refractivity (Wildman–Crippen MR) is 95.6 cm³/mol. The number of fused-ring (bicyclic) bond motifs is 1. The Morgan fingerprint density at radius 2 is 1.62 bits per heavy atom. The number of halogens is 1. The number of aliphatic hydroxyl groups is 1. The highest BCUT2D eigenvalue weighted by molar-refractivity contribution is 5.44. The summed E-state index contributed by atoms with van der Waals surface area (Å²) < 4.78 is 23.8. The number of hydrogen-bond donors (Lipinski definition) is 1. The van der Waals surface area contributed by atoms with Crippen LogP contribution in [0.4, 0.5) is 4.39 Å². The van der Waals surface area contributed by atoms with E-state index in [4.69, 9.17) is 9.47 Å². The average Bonchev–Trinajstić information content (AvgIpc) is 3.12. The molecule has 5 nitrogen and oxygen atoms in total. The first-order valence-corrected chi connectivity index (χ1v) is 8.94. The van der Waals surface area contributed by atoms with Crippen molar-refractivity contribution in [3.05, 3.63) is 59.4 Å². The fourth-order valence-electron chi connectivity index (χ4n) is 3.46. The van der Waals surface area contributed by atoms with E-state index in [1.54, 1.807) is 12.1 Å². The van der Waals surface area contributed by atoms with Crippen molar-refractivity contribution in [2.45, 2.75) is 12.6 Å². The SMILES string of the molecule is O[C@@H](CN1CCN(Cc2ccc3c(c2)OCO3)CC1)c1ccc(F)cc1. The minimum absolute atomic E-state index is 0.280. The van der Waals surface area contributed by atoms with Gasteiger partial charge in [-0.3, -0.25) is 9.80 Å². The molecule has 2 aliphatic rings. The van der Waals surface area contributed by atoms with Crippen molar-refractivity contribution in [2.24, 2.45) is 0 Å². The highest BCUT2D eigenvalue weighted by atomic mass is 19.1. The molecule has 0 amide bonds. The number of piperazine rings is 1. The molecule has 0 radical (unpaired) electrons. The Balaban J connectivity index is 1.27. The van der Waals surface area contributed by atoms with Crippen LogP contribution in [0.15, 0.2) is 42.5 Å². The van der Waals surface area contributed by atoms with Crippen molar-refractivity contribution < 1.29 is 19.0 Å². The molecular formula is C20H23FN2O3. The molecule has 1 N–H and O–H groups in total. The number of ether oxygens (including phenoxy) is 2. The Hall–Kier alpha value is -2.15. The third-order valence-electron chi connectivity index (χ3n) is 4.99. The predicted octanol–water partition coefficient (Wildman–Crippen LogP) is 2.41. The number of aliphatic hydroxyl groups excluding tert-OH is 1. The van der Waals surface area contributed by atoms with Gasteiger partial charge >= 0.3 is 0 Å². The summed E-state index contributed by atoms with van der Waals surface area (Å²) in [5, 5.41) is 10.4. The van der Waals surface area contributed by atoms with Crippen LogP contribution in [0, 0.1) is 5.82 Å². The number of hydrogen-bond acceptors (Lipinski definition) is 5. The Morgan fingerprint density at radius 1 is 0.923 bits per heavy atom. The van der Waals surface area contributed by atoms with Crippen LogP contribution in [-0.4, -0.2) is 54.4 Å². The number of rotatable bonds is 5. The van der Waals surface area contributed by atoms with Gasteiger partial charge in [0.1, 0.15) is 5.82 Å². The summed E-state index contributed by atoms with van der Waals surface area (Å²) in [6.07, 6.45) is -0.587. The van der Waals surface area contributed by atoms with Crippen LogP contribution in [0.1, 0.15) is 17.2 Å². The zero-order valence-electron chi connectivity index (χ0n) is 14.6. The normalized spacial score (nSPS) is 18.8. The van der Waals surface area contributed by atoms with Gasteiger partial charge in [-0.1, -0.05) is 18.2 Å². The lowest BCUT2D eigenvalue weighted by molar-refractivity contribution is 0.0700. The molecule has 1 fully saturated rings. The Labute approximate surface area is 152 Å². The van der Waals surface area contributed by atoms with E-state index in [2.05, 4.69) is 15.9 Å². The van der Waals surface area contributed by atoms with Crippen LogP contribution in [0.3, 0.4) is 0 Å². The average molecular weight is 358 g/mol. The topological polar surface area (TPSA) is 45.2 Å². The molecule has 2 heterocycles. The fourth-order valence-corrected chi connectivity index (χ4v) is 3.46. The van der Waals surface area contributed by atoms with Crippen molar-refractivity contribution in [3.8, 4) is 11.5 Å². The number of benzene rings is 2. The van der Waals surface area contributed by atoms with E-state index in [0.29, 0.717) is 13.3 Å². The highest BCUT2D eigenvalue weighted by Gasteiger charge is 2.21. The van der Waals surface area contributed by atoms with Gasteiger partial charge in [-0.25, -0.2) is 4.39 Å². The first-order valence-electron chi connectivity index (χ1n) is 8.94. The summed E-state index contributed by atoms with van der Waals surface area (Å²) in [5.41, 5.74) is 1.98. The van der Waals surface area contributed by atoms with Gasteiger partial charge in [-0.05, 0) is 35.4 Å². The van der Waals surface area contributed by atoms with E-state index in [0.717, 1.165) is 49.8 Å². The maximum absolute atomic E-state index is 13.0. The highest BCUT2D eigenvalue weighted by Crippen LogP contribution is 2.32. The van der Waals surface area contributed by atoms with E-state index in [1.165, 1.54) is 17.7 Å². The van der Waals surface area contributed by atoms with Crippen molar-refractivity contribution in [3.63, 3.8) is 0 Å². The van der Waals surface area contributed by atoms with Crippen LogP contribution >= 0.6 is 0 Å². The van der Waals surface area contributed by atoms with Gasteiger partial charge < -0.3 is 14.6 Å². The fraction of sp³-hybridized carbons (Fsp3) is 0.400. The lowest BCUT2D eigenvalue weighted by atomic mass is 10.1. The minimum atomic E-state index is -0.587. The summed E-state index contributed by atoms with van der Waals surface area (Å²) in [7, 11) is 0. The summed E-state index contributed by atoms with van der Waals surface area (Å²) in [4.78, 5) is 4.66. The van der Waals surface area contributed by atoms with Gasteiger partial charge in [-0.2, -0.15) is 0 Å². The third kappa shape index (κ3) is 3.98. The maximum Gasteiger partial charge on any atom is 0.231 e. The molecule has 2 aromatic rings. The van der Waals surface area contributed by atoms with Gasteiger partial charge in [0.05, 0.1) is 6.10 Å². The molecule has 6 heteroatoms. The van der Waals surface area contributed by atoms with Gasteiger partial charge in [0.2, 0.25) is 6.79 Å². The van der Waals surface area contributed by atoms with Crippen LogP contribution in [0.2, 0.25) is 0 Å². The second-order valence-corrected chi connectivity index (χ2v) is 6.83. The van der Waals surface area contributed by atoms with Crippen molar-refractivity contribution in [2.75, 3.05) is 39.5 Å². The smallest absolute Gasteiger partial charge is 0.231 e. The summed E-state index contributed by atoms with van der Waals surface area (Å²) in [6, 6.07) is 12.2. The molecule has 0 bridgehead atoms. The molecule has 0 unspecified atom stereocenters. The lowest BCUT2D eigenvalue weighted by Gasteiger charge is -2.35. The van der Waals surface area contributed by atoms with Gasteiger partial charge in [0.25, 0.3) is 0 Å². The zero-order chi connectivity index (χ0) is 17.9. The van der Waals surface area contributed by atoms with E-state index in [-0.39, 0.29) is 5.82 Å². The molecule has 26 heavy (non-hydrogen) atoms. The molecule has 0 spiro atoms. The van der Waals surface area contributed by atoms with Crippen molar-refractivity contribution >= 4 is 0 Å². The van der Waals surface area contributed by atoms with Crippen molar-refractivity contribution in [1.82, 2.24) is 9.80 Å². The molecule has 2 aromatic carbocycles. The quantitative estimate of drug-likeness (QED) is 0.889. The van der Waals surface area contributed by atoms with E-state index in [9.17, 15) is 9.50 Å². The van der Waals surface area contributed by atoms with Crippen LogP contribution < -0.4 is 9.47 Å². The maximum atomic E-state index is 13.0. The lowest BCUT2D eigenvalue weighted by Crippen LogP contribution is -2.47. The Morgan fingerprint density at radius 3 is 2.38 bits per heavy atom. The minimum Gasteiger partial charge on any atom is -0.454 e. The second-order valence-electron chi connectivity index (χ2n) is 6.83. The standard InChI is InChI=1S/C20H23FN2O3/c21-17-4-2-16(3-5-17)18(24)13-23-9-7-22(8-10-23)12-15-1-6-19-20(11-15)26-14-25-19/h1-6,11,18,24H,7-10,12-14H2/t18-/m0/s1. The van der Waals surface area contributed by atoms with Gasteiger partial charge in [0.15, 0.2) is 11.5 Å². The largest absolute Gasteiger partial charge is 0.454 e. The summed E-state index contributed by atoms with van der Waals surface area (Å²) >= 11 is 0. The molecule has 0 saturated carbocycles. The molecule has 2 aliphatic heterocycles. The number of nitrogens with zero attached hydrogens (tertiary/aromatic N) is 2. The molecular weight excluding hydrogens is 335 g/mol. The summed E-state index contributed by atoms with van der Waals surface area (Å²) in [5.74, 6) is 1.36. The van der Waals surface area contributed by atoms with Gasteiger partial charge in [0, 0.05) is 39.3 Å². The zero-order valence-corrected chi connectivity index (χ0v) is 14.6. The van der Waals surface area contributed by atoms with E-state index >= 15 is 0 Å². The van der Waals surface area contributed by atoms with Gasteiger partial charge in [-0.15, -0.1) is 0 Å².